The van der Waals surface area contributed by atoms with Crippen molar-refractivity contribution in [2.45, 2.75) is 70.9 Å². The van der Waals surface area contributed by atoms with Crippen LogP contribution in [0.25, 0.3) is 0 Å². The van der Waals surface area contributed by atoms with Gasteiger partial charge in [-0.05, 0) is 106 Å². The molecule has 7 rings (SSSR count). The van der Waals surface area contributed by atoms with E-state index in [0.717, 1.165) is 44.7 Å². The monoisotopic (exact) mass is 476 g/mol. The molecule has 6 heteroatoms. The normalized spacial score (nSPS) is 40.3. The van der Waals surface area contributed by atoms with E-state index in [0.29, 0.717) is 29.2 Å². The molecule has 5 fully saturated rings. The maximum Gasteiger partial charge on any atom is 0.335 e. The van der Waals surface area contributed by atoms with Gasteiger partial charge < -0.3 is 14.4 Å². The molecule has 35 heavy (non-hydrogen) atoms. The van der Waals surface area contributed by atoms with Crippen LogP contribution in [0.4, 0.5) is 0 Å². The first-order valence-electron chi connectivity index (χ1n) is 13.6. The molecule has 4 aliphatic carbocycles. The lowest BCUT2D eigenvalue weighted by Gasteiger charge is -2.66. The number of aliphatic hydroxyl groups excluding tert-OH is 1. The quantitative estimate of drug-likeness (QED) is 0.646. The maximum atomic E-state index is 13.6. The summed E-state index contributed by atoms with van der Waals surface area (Å²) in [6.07, 6.45) is 11.8. The van der Waals surface area contributed by atoms with Gasteiger partial charge in [-0.25, -0.2) is 4.79 Å². The van der Waals surface area contributed by atoms with Gasteiger partial charge in [-0.2, -0.15) is 0 Å². The van der Waals surface area contributed by atoms with Crippen LogP contribution in [0, 0.1) is 28.6 Å². The summed E-state index contributed by atoms with van der Waals surface area (Å²) < 4.78 is 5.03. The van der Waals surface area contributed by atoms with E-state index in [-0.39, 0.29) is 22.8 Å². The molecule has 2 aliphatic heterocycles. The van der Waals surface area contributed by atoms with Crippen molar-refractivity contribution in [3.63, 3.8) is 0 Å². The Hall–Kier alpha value is -2.34. The standard InChI is InChI=1S/C29H36N2O4/c1-17-11-24-28-8-7-23-26(21(13-28)15-31(23)27(34)20-5-6-25(33)35-16-20)29(28,22(17)12-18(2)32)9-10-30(24)14-19-3-4-19/h5-6,12,16,19,21,23-24,26,32H,3-4,7-11,13-15H2,1-2H3/b18-12+/t21-,23?,24?,26?,28?,29?/m1/s1. The molecule has 3 heterocycles. The first kappa shape index (κ1) is 21.9. The van der Waals surface area contributed by atoms with E-state index in [1.54, 1.807) is 13.0 Å². The van der Waals surface area contributed by atoms with Gasteiger partial charge in [0.05, 0.1) is 11.3 Å². The van der Waals surface area contributed by atoms with Crippen LogP contribution in [-0.4, -0.2) is 52.5 Å². The lowest BCUT2D eigenvalue weighted by Crippen LogP contribution is -2.67. The number of rotatable bonds is 4. The SMILES string of the molecule is CC1=C(/C=C(\C)O)C23CCN(CC4CC4)C(C1)C21CCC2C3[C@@H](CN2C(=O)c2ccc(=O)oc2)C1. The highest BCUT2D eigenvalue weighted by atomic mass is 16.4. The number of piperidine rings is 1. The number of likely N-dealkylation sites (tertiary alicyclic amines) is 2. The molecular weight excluding hydrogens is 440 g/mol. The molecule has 1 aromatic rings. The predicted octanol–water partition coefficient (Wildman–Crippen LogP) is 4.53. The highest BCUT2D eigenvalue weighted by Crippen LogP contribution is 2.77. The topological polar surface area (TPSA) is 74.0 Å². The van der Waals surface area contributed by atoms with Gasteiger partial charge in [-0.15, -0.1) is 0 Å². The smallest absolute Gasteiger partial charge is 0.335 e. The molecule has 0 radical (unpaired) electrons. The molecule has 6 atom stereocenters. The van der Waals surface area contributed by atoms with E-state index in [1.807, 2.05) is 0 Å². The Labute approximate surface area is 206 Å². The zero-order valence-electron chi connectivity index (χ0n) is 20.8. The molecule has 0 spiro atoms. The third kappa shape index (κ3) is 2.86. The van der Waals surface area contributed by atoms with Gasteiger partial charge in [-0.1, -0.05) is 5.57 Å². The Morgan fingerprint density at radius 2 is 2.09 bits per heavy atom. The molecule has 186 valence electrons. The molecule has 1 amide bonds. The van der Waals surface area contributed by atoms with Gasteiger partial charge in [0.2, 0.25) is 0 Å². The minimum Gasteiger partial charge on any atom is -0.513 e. The van der Waals surface area contributed by atoms with Crippen LogP contribution in [0.3, 0.4) is 0 Å². The molecule has 6 nitrogen and oxygen atoms in total. The van der Waals surface area contributed by atoms with Crippen LogP contribution in [0.1, 0.15) is 69.2 Å². The highest BCUT2D eigenvalue weighted by molar-refractivity contribution is 5.94. The first-order valence-corrected chi connectivity index (χ1v) is 13.6. The lowest BCUT2D eigenvalue weighted by molar-refractivity contribution is -0.124. The predicted molar refractivity (Wildman–Crippen MR) is 132 cm³/mol. The van der Waals surface area contributed by atoms with Crippen LogP contribution < -0.4 is 5.63 Å². The van der Waals surface area contributed by atoms with Crippen molar-refractivity contribution in [1.29, 1.82) is 0 Å². The summed E-state index contributed by atoms with van der Waals surface area (Å²) in [6.45, 7) is 7.27. The lowest BCUT2D eigenvalue weighted by atomic mass is 9.43. The van der Waals surface area contributed by atoms with Gasteiger partial charge >= 0.3 is 5.63 Å². The van der Waals surface area contributed by atoms with Crippen LogP contribution in [0.15, 0.2) is 50.6 Å². The molecule has 3 saturated carbocycles. The molecule has 0 aromatic carbocycles. The zero-order valence-corrected chi connectivity index (χ0v) is 20.8. The second-order valence-corrected chi connectivity index (χ2v) is 12.4. The summed E-state index contributed by atoms with van der Waals surface area (Å²) in [7, 11) is 0. The molecular formula is C29H36N2O4. The molecule has 6 aliphatic rings. The van der Waals surface area contributed by atoms with E-state index in [4.69, 9.17) is 4.42 Å². The van der Waals surface area contributed by atoms with Crippen molar-refractivity contribution in [2.24, 2.45) is 28.6 Å². The largest absolute Gasteiger partial charge is 0.513 e. The minimum absolute atomic E-state index is 0.00767. The van der Waals surface area contributed by atoms with Crippen molar-refractivity contribution >= 4 is 5.91 Å². The Balaban J connectivity index is 1.32. The van der Waals surface area contributed by atoms with Crippen molar-refractivity contribution < 1.29 is 14.3 Å². The van der Waals surface area contributed by atoms with E-state index in [2.05, 4.69) is 22.8 Å². The van der Waals surface area contributed by atoms with Gasteiger partial charge in [0.25, 0.3) is 5.91 Å². The second kappa shape index (κ2) is 7.34. The maximum absolute atomic E-state index is 13.6. The molecule has 2 saturated heterocycles. The summed E-state index contributed by atoms with van der Waals surface area (Å²) in [5.41, 5.74) is 3.16. The van der Waals surface area contributed by atoms with Gasteiger partial charge in [0, 0.05) is 36.7 Å². The number of hydrogen-bond acceptors (Lipinski definition) is 5. The van der Waals surface area contributed by atoms with Crippen LogP contribution in [0.2, 0.25) is 0 Å². The number of carbonyl (C=O) groups is 1. The van der Waals surface area contributed by atoms with E-state index in [1.165, 1.54) is 49.3 Å². The molecule has 5 unspecified atom stereocenters. The number of carbonyl (C=O) groups excluding carboxylic acids is 1. The Morgan fingerprint density at radius 3 is 2.80 bits per heavy atom. The van der Waals surface area contributed by atoms with E-state index < -0.39 is 5.63 Å². The molecule has 1 N–H and O–H groups in total. The van der Waals surface area contributed by atoms with Gasteiger partial charge in [-0.3, -0.25) is 9.69 Å². The summed E-state index contributed by atoms with van der Waals surface area (Å²) in [4.78, 5) is 30.0. The van der Waals surface area contributed by atoms with Crippen molar-refractivity contribution in [2.75, 3.05) is 19.6 Å². The van der Waals surface area contributed by atoms with Crippen molar-refractivity contribution in [1.82, 2.24) is 9.80 Å². The fourth-order valence-electron chi connectivity index (χ4n) is 9.70. The van der Waals surface area contributed by atoms with E-state index >= 15 is 0 Å². The average molecular weight is 477 g/mol. The Morgan fingerprint density at radius 1 is 1.26 bits per heavy atom. The zero-order chi connectivity index (χ0) is 24.1. The summed E-state index contributed by atoms with van der Waals surface area (Å²) in [5, 5.41) is 10.5. The van der Waals surface area contributed by atoms with Crippen LogP contribution in [0.5, 0.6) is 0 Å². The number of allylic oxidation sites excluding steroid dienone is 3. The van der Waals surface area contributed by atoms with Crippen molar-refractivity contribution in [3.8, 4) is 0 Å². The Bertz CT molecular complexity index is 1190. The minimum atomic E-state index is -0.427. The first-order chi connectivity index (χ1) is 16.8. The summed E-state index contributed by atoms with van der Waals surface area (Å²) in [5.74, 6) is 2.20. The third-order valence-electron chi connectivity index (χ3n) is 10.8. The second-order valence-electron chi connectivity index (χ2n) is 12.4. The van der Waals surface area contributed by atoms with Crippen LogP contribution in [-0.2, 0) is 0 Å². The fraction of sp³-hybridized carbons (Fsp3) is 0.655. The third-order valence-corrected chi connectivity index (χ3v) is 10.8. The molecule has 4 bridgehead atoms. The summed E-state index contributed by atoms with van der Waals surface area (Å²) in [6, 6.07) is 3.74. The summed E-state index contributed by atoms with van der Waals surface area (Å²) >= 11 is 0. The van der Waals surface area contributed by atoms with Crippen molar-refractivity contribution in [3.05, 3.63) is 57.4 Å². The number of aliphatic hydroxyl groups is 1. The number of nitrogens with zero attached hydrogens (tertiary/aromatic N) is 2. The van der Waals surface area contributed by atoms with Gasteiger partial charge in [0.15, 0.2) is 0 Å². The number of hydrogen-bond donors (Lipinski definition) is 1. The average Bonchev–Trinajstić information content (AvgIpc) is 3.52. The number of amides is 1. The van der Waals surface area contributed by atoms with E-state index in [9.17, 15) is 14.7 Å². The van der Waals surface area contributed by atoms with Crippen LogP contribution >= 0.6 is 0 Å². The fourth-order valence-corrected chi connectivity index (χ4v) is 9.70. The Kier molecular flexibility index (Phi) is 4.60. The van der Waals surface area contributed by atoms with Gasteiger partial charge in [0.1, 0.15) is 6.26 Å². The molecule has 1 aromatic heterocycles. The highest BCUT2D eigenvalue weighted by Gasteiger charge is 2.76.